The third kappa shape index (κ3) is 7.29. The molecule has 0 bridgehead atoms. The summed E-state index contributed by atoms with van der Waals surface area (Å²) in [5, 5.41) is 9.29. The standard InChI is InChI=1S/C36H39N5O2.CH4/c42-35(41-24-20-37-21-25-41)30-16-17-32(39-36(43)38-31-14-8-3-9-15-31)33(26-30)40-22-18-29(19-23-40)34(27-10-4-1-5-11-27)28-12-6-2-7-13-28;/h1-17,26,29,34,37H,18-25H2,(H2,38,39,43);1H4. The first-order valence-electron chi connectivity index (χ1n) is 15.3. The number of urea groups is 1. The molecule has 7 nitrogen and oxygen atoms in total. The number of anilines is 3. The number of rotatable bonds is 7. The van der Waals surface area contributed by atoms with Crippen molar-refractivity contribution >= 4 is 29.0 Å². The summed E-state index contributed by atoms with van der Waals surface area (Å²) >= 11 is 0. The Hall–Kier alpha value is -4.62. The van der Waals surface area contributed by atoms with E-state index in [1.807, 2.05) is 53.4 Å². The molecular formula is C37H43N5O2. The maximum absolute atomic E-state index is 13.4. The van der Waals surface area contributed by atoms with Gasteiger partial charge in [-0.25, -0.2) is 4.79 Å². The van der Waals surface area contributed by atoms with Gasteiger partial charge >= 0.3 is 6.03 Å². The molecule has 2 fully saturated rings. The van der Waals surface area contributed by atoms with Gasteiger partial charge in [0.15, 0.2) is 0 Å². The number of piperidine rings is 1. The minimum absolute atomic E-state index is 0. The fourth-order valence-corrected chi connectivity index (χ4v) is 6.42. The number of hydrogen-bond acceptors (Lipinski definition) is 4. The Labute approximate surface area is 261 Å². The molecule has 0 radical (unpaired) electrons. The molecule has 2 heterocycles. The molecule has 0 atom stereocenters. The molecule has 3 N–H and O–H groups in total. The Balaban J connectivity index is 0.00000384. The largest absolute Gasteiger partial charge is 0.370 e. The van der Waals surface area contributed by atoms with Crippen LogP contribution in [0.2, 0.25) is 0 Å². The number of benzene rings is 4. The lowest BCUT2D eigenvalue weighted by Crippen LogP contribution is -2.46. The molecule has 7 heteroatoms. The van der Waals surface area contributed by atoms with E-state index < -0.39 is 0 Å². The fourth-order valence-electron chi connectivity index (χ4n) is 6.42. The van der Waals surface area contributed by atoms with Gasteiger partial charge < -0.3 is 25.8 Å². The number of piperazine rings is 1. The van der Waals surface area contributed by atoms with Gasteiger partial charge in [-0.1, -0.05) is 86.3 Å². The first kappa shape index (κ1) is 30.8. The number of para-hydroxylation sites is 1. The number of carbonyl (C=O) groups excluding carboxylic acids is 2. The fraction of sp³-hybridized carbons (Fsp3) is 0.297. The van der Waals surface area contributed by atoms with Crippen LogP contribution in [0.5, 0.6) is 0 Å². The van der Waals surface area contributed by atoms with Gasteiger partial charge in [-0.15, -0.1) is 0 Å². The summed E-state index contributed by atoms with van der Waals surface area (Å²) in [6.07, 6.45) is 2.00. The van der Waals surface area contributed by atoms with Crippen LogP contribution in [0.4, 0.5) is 21.9 Å². The maximum Gasteiger partial charge on any atom is 0.323 e. The highest BCUT2D eigenvalue weighted by molar-refractivity contribution is 6.03. The Kier molecular flexibility index (Phi) is 10.3. The van der Waals surface area contributed by atoms with Gasteiger partial charge in [0.05, 0.1) is 11.4 Å². The monoisotopic (exact) mass is 589 g/mol. The van der Waals surface area contributed by atoms with Gasteiger partial charge in [0.2, 0.25) is 0 Å². The molecule has 228 valence electrons. The highest BCUT2D eigenvalue weighted by Crippen LogP contribution is 2.40. The number of carbonyl (C=O) groups is 2. The van der Waals surface area contributed by atoms with Crippen LogP contribution in [0.1, 0.15) is 47.7 Å². The Morgan fingerprint density at radius 1 is 0.705 bits per heavy atom. The van der Waals surface area contributed by atoms with E-state index in [4.69, 9.17) is 0 Å². The molecular weight excluding hydrogens is 546 g/mol. The van der Waals surface area contributed by atoms with E-state index in [0.29, 0.717) is 36.2 Å². The Bertz CT molecular complexity index is 1460. The zero-order valence-electron chi connectivity index (χ0n) is 24.4. The van der Waals surface area contributed by atoms with E-state index in [2.05, 4.69) is 81.5 Å². The number of hydrogen-bond donors (Lipinski definition) is 3. The van der Waals surface area contributed by atoms with E-state index in [1.165, 1.54) is 11.1 Å². The van der Waals surface area contributed by atoms with Gasteiger partial charge in [0.1, 0.15) is 0 Å². The van der Waals surface area contributed by atoms with Gasteiger partial charge in [0.25, 0.3) is 5.91 Å². The molecule has 0 aromatic heterocycles. The van der Waals surface area contributed by atoms with Gasteiger partial charge in [0, 0.05) is 56.4 Å². The first-order valence-corrected chi connectivity index (χ1v) is 15.3. The van der Waals surface area contributed by atoms with E-state index in [9.17, 15) is 9.59 Å². The van der Waals surface area contributed by atoms with Crippen molar-refractivity contribution in [1.82, 2.24) is 10.2 Å². The number of nitrogens with zero attached hydrogens (tertiary/aromatic N) is 2. The van der Waals surface area contributed by atoms with Crippen molar-refractivity contribution in [1.29, 1.82) is 0 Å². The number of nitrogens with one attached hydrogen (secondary N) is 3. The number of amides is 3. The second kappa shape index (κ2) is 14.7. The second-order valence-corrected chi connectivity index (χ2v) is 11.3. The van der Waals surface area contributed by atoms with Gasteiger partial charge in [-0.3, -0.25) is 4.79 Å². The molecule has 4 aromatic carbocycles. The highest BCUT2D eigenvalue weighted by atomic mass is 16.2. The van der Waals surface area contributed by atoms with Gasteiger partial charge in [-0.2, -0.15) is 0 Å². The summed E-state index contributed by atoms with van der Waals surface area (Å²) in [5.41, 5.74) is 5.65. The van der Waals surface area contributed by atoms with Crippen LogP contribution in [0, 0.1) is 5.92 Å². The molecule has 0 spiro atoms. The lowest BCUT2D eigenvalue weighted by Gasteiger charge is -2.38. The van der Waals surface area contributed by atoms with Crippen molar-refractivity contribution in [3.05, 3.63) is 126 Å². The maximum atomic E-state index is 13.4. The summed E-state index contributed by atoms with van der Waals surface area (Å²) in [7, 11) is 0. The third-order valence-corrected chi connectivity index (χ3v) is 8.60. The third-order valence-electron chi connectivity index (χ3n) is 8.60. The van der Waals surface area contributed by atoms with Crippen LogP contribution in [-0.2, 0) is 0 Å². The summed E-state index contributed by atoms with van der Waals surface area (Å²) < 4.78 is 0. The van der Waals surface area contributed by atoms with Crippen molar-refractivity contribution in [2.24, 2.45) is 5.92 Å². The predicted molar refractivity (Wildman–Crippen MR) is 181 cm³/mol. The lowest BCUT2D eigenvalue weighted by molar-refractivity contribution is 0.0736. The van der Waals surface area contributed by atoms with E-state index in [-0.39, 0.29) is 19.4 Å². The second-order valence-electron chi connectivity index (χ2n) is 11.3. The van der Waals surface area contributed by atoms with Crippen molar-refractivity contribution in [3.63, 3.8) is 0 Å². The molecule has 3 amide bonds. The molecule has 2 aliphatic rings. The minimum Gasteiger partial charge on any atom is -0.370 e. The zero-order chi connectivity index (χ0) is 29.4. The smallest absolute Gasteiger partial charge is 0.323 e. The molecule has 44 heavy (non-hydrogen) atoms. The van der Waals surface area contributed by atoms with Crippen LogP contribution in [0.25, 0.3) is 0 Å². The Morgan fingerprint density at radius 3 is 1.86 bits per heavy atom. The predicted octanol–water partition coefficient (Wildman–Crippen LogP) is 7.06. The van der Waals surface area contributed by atoms with Crippen molar-refractivity contribution in [3.8, 4) is 0 Å². The van der Waals surface area contributed by atoms with Crippen molar-refractivity contribution in [2.45, 2.75) is 26.2 Å². The Morgan fingerprint density at radius 2 is 1.27 bits per heavy atom. The highest BCUT2D eigenvalue weighted by Gasteiger charge is 2.30. The van der Waals surface area contributed by atoms with Crippen LogP contribution in [-0.4, -0.2) is 56.1 Å². The summed E-state index contributed by atoms with van der Waals surface area (Å²) in [6, 6.07) is 36.4. The normalized spacial score (nSPS) is 15.4. The molecule has 2 saturated heterocycles. The SMILES string of the molecule is C.O=C(Nc1ccccc1)Nc1ccc(C(=O)N2CCNCC2)cc1N1CCC(C(c2ccccc2)c2ccccc2)CC1. The van der Waals surface area contributed by atoms with Crippen LogP contribution >= 0.6 is 0 Å². The average Bonchev–Trinajstić information content (AvgIpc) is 3.07. The van der Waals surface area contributed by atoms with E-state index >= 15 is 0 Å². The topological polar surface area (TPSA) is 76.7 Å². The van der Waals surface area contributed by atoms with Gasteiger partial charge in [-0.05, 0) is 60.2 Å². The van der Waals surface area contributed by atoms with Crippen LogP contribution in [0.15, 0.2) is 109 Å². The van der Waals surface area contributed by atoms with Crippen molar-refractivity contribution < 1.29 is 9.59 Å². The molecule has 2 aliphatic heterocycles. The molecule has 0 saturated carbocycles. The summed E-state index contributed by atoms with van der Waals surface area (Å²) in [6.45, 7) is 4.66. The molecule has 0 aliphatic carbocycles. The lowest BCUT2D eigenvalue weighted by atomic mass is 9.76. The summed E-state index contributed by atoms with van der Waals surface area (Å²) in [5.74, 6) is 0.829. The average molecular weight is 590 g/mol. The molecule has 0 unspecified atom stereocenters. The first-order chi connectivity index (χ1) is 21.2. The van der Waals surface area contributed by atoms with Crippen LogP contribution in [0.3, 0.4) is 0 Å². The summed E-state index contributed by atoms with van der Waals surface area (Å²) in [4.78, 5) is 30.7. The quantitative estimate of drug-likeness (QED) is 0.216. The molecule has 4 aromatic rings. The van der Waals surface area contributed by atoms with E-state index in [0.717, 1.165) is 50.4 Å². The van der Waals surface area contributed by atoms with Crippen LogP contribution < -0.4 is 20.9 Å². The molecule has 6 rings (SSSR count). The van der Waals surface area contributed by atoms with Crippen molar-refractivity contribution in [2.75, 3.05) is 54.8 Å². The minimum atomic E-state index is -0.309. The zero-order valence-corrected chi connectivity index (χ0v) is 24.4. The van der Waals surface area contributed by atoms with E-state index in [1.54, 1.807) is 0 Å².